The molecule has 98 valence electrons. The van der Waals surface area contributed by atoms with E-state index in [-0.39, 0.29) is 29.6 Å². The van der Waals surface area contributed by atoms with Crippen LogP contribution in [0.25, 0.3) is 0 Å². The molecule has 5 nitrogen and oxygen atoms in total. The number of nitrogens with one attached hydrogen (secondary N) is 3. The molecule has 0 radical (unpaired) electrons. The first-order valence-corrected chi connectivity index (χ1v) is 5.55. The van der Waals surface area contributed by atoms with E-state index >= 15 is 0 Å². The Hall–Kier alpha value is -2.11. The first kappa shape index (κ1) is 14.0. The minimum absolute atomic E-state index is 0.161. The molecule has 0 aliphatic heterocycles. The topological polar surface area (TPSA) is 70.2 Å². The summed E-state index contributed by atoms with van der Waals surface area (Å²) >= 11 is 0. The van der Waals surface area contributed by atoms with Crippen LogP contribution in [0.3, 0.4) is 0 Å². The second-order valence-corrected chi connectivity index (χ2v) is 3.65. The van der Waals surface area contributed by atoms with Crippen molar-refractivity contribution in [3.63, 3.8) is 0 Å². The molecule has 3 N–H and O–H groups in total. The Kier molecular flexibility index (Phi) is 5.10. The van der Waals surface area contributed by atoms with E-state index < -0.39 is 5.82 Å². The van der Waals surface area contributed by atoms with E-state index in [1.54, 1.807) is 7.05 Å². The van der Waals surface area contributed by atoms with Crippen LogP contribution in [0.4, 0.5) is 10.1 Å². The molecule has 0 atom stereocenters. The zero-order chi connectivity index (χ0) is 13.5. The van der Waals surface area contributed by atoms with Crippen LogP contribution in [0.15, 0.2) is 18.2 Å². The monoisotopic (exact) mass is 253 g/mol. The Morgan fingerprint density at radius 1 is 1.22 bits per heavy atom. The van der Waals surface area contributed by atoms with Gasteiger partial charge >= 0.3 is 0 Å². The molecule has 2 amide bonds. The molecule has 1 aromatic carbocycles. The summed E-state index contributed by atoms with van der Waals surface area (Å²) in [6.45, 7) is 2.02. The summed E-state index contributed by atoms with van der Waals surface area (Å²) in [4.78, 5) is 22.4. The second-order valence-electron chi connectivity index (χ2n) is 3.65. The lowest BCUT2D eigenvalue weighted by molar-refractivity contribution is -0.118. The molecule has 0 unspecified atom stereocenters. The summed E-state index contributed by atoms with van der Waals surface area (Å²) < 4.78 is 13.4. The van der Waals surface area contributed by atoms with Crippen LogP contribution in [0.2, 0.25) is 0 Å². The average Bonchev–Trinajstić information content (AvgIpc) is 2.33. The molecule has 18 heavy (non-hydrogen) atoms. The molecule has 0 fully saturated rings. The van der Waals surface area contributed by atoms with E-state index in [4.69, 9.17) is 0 Å². The van der Waals surface area contributed by atoms with Crippen LogP contribution in [0, 0.1) is 5.82 Å². The maximum absolute atomic E-state index is 13.4. The van der Waals surface area contributed by atoms with Crippen LogP contribution in [0.5, 0.6) is 0 Å². The fraction of sp³-hybridized carbons (Fsp3) is 0.333. The van der Waals surface area contributed by atoms with Crippen molar-refractivity contribution in [2.45, 2.75) is 6.92 Å². The van der Waals surface area contributed by atoms with Gasteiger partial charge in [0.15, 0.2) is 0 Å². The standard InChI is InChI=1S/C12H16FN3O2/c1-8(17)15-6-7-16-12(18)9-4-3-5-10(13)11(9)14-2/h3-5,14H,6-7H2,1-2H3,(H,15,17)(H,16,18). The van der Waals surface area contributed by atoms with Gasteiger partial charge in [0, 0.05) is 27.1 Å². The van der Waals surface area contributed by atoms with Gasteiger partial charge in [0.05, 0.1) is 11.3 Å². The lowest BCUT2D eigenvalue weighted by atomic mass is 10.1. The van der Waals surface area contributed by atoms with Gasteiger partial charge in [-0.25, -0.2) is 4.39 Å². The van der Waals surface area contributed by atoms with Gasteiger partial charge in [-0.05, 0) is 12.1 Å². The predicted molar refractivity (Wildman–Crippen MR) is 67.0 cm³/mol. The number of amides is 2. The Balaban J connectivity index is 2.61. The zero-order valence-corrected chi connectivity index (χ0v) is 10.3. The van der Waals surface area contributed by atoms with E-state index in [9.17, 15) is 14.0 Å². The van der Waals surface area contributed by atoms with E-state index in [0.717, 1.165) is 0 Å². The largest absolute Gasteiger partial charge is 0.385 e. The van der Waals surface area contributed by atoms with Crippen LogP contribution < -0.4 is 16.0 Å². The minimum atomic E-state index is -0.480. The number of rotatable bonds is 5. The fourth-order valence-corrected chi connectivity index (χ4v) is 1.48. The third-order valence-corrected chi connectivity index (χ3v) is 2.29. The van der Waals surface area contributed by atoms with Crippen LogP contribution in [0.1, 0.15) is 17.3 Å². The number of halogens is 1. The van der Waals surface area contributed by atoms with Crippen molar-refractivity contribution >= 4 is 17.5 Å². The van der Waals surface area contributed by atoms with Gasteiger partial charge in [0.1, 0.15) is 5.82 Å². The highest BCUT2D eigenvalue weighted by Gasteiger charge is 2.13. The summed E-state index contributed by atoms with van der Waals surface area (Å²) in [5, 5.41) is 7.79. The van der Waals surface area contributed by atoms with Gasteiger partial charge in [0.2, 0.25) is 5.91 Å². The molecular formula is C12H16FN3O2. The summed E-state index contributed by atoms with van der Waals surface area (Å²) in [7, 11) is 1.55. The van der Waals surface area contributed by atoms with Crippen molar-refractivity contribution in [2.75, 3.05) is 25.5 Å². The van der Waals surface area contributed by atoms with Crippen molar-refractivity contribution in [1.29, 1.82) is 0 Å². The number of carbonyl (C=O) groups excluding carboxylic acids is 2. The van der Waals surface area contributed by atoms with Crippen molar-refractivity contribution in [3.8, 4) is 0 Å². The third kappa shape index (κ3) is 3.73. The summed E-state index contributed by atoms with van der Waals surface area (Å²) in [6, 6.07) is 4.28. The maximum Gasteiger partial charge on any atom is 0.253 e. The van der Waals surface area contributed by atoms with Crippen LogP contribution in [-0.2, 0) is 4.79 Å². The molecule has 0 aliphatic rings. The number of hydrogen-bond donors (Lipinski definition) is 3. The molecule has 0 aromatic heterocycles. The molecular weight excluding hydrogens is 237 g/mol. The summed E-state index contributed by atoms with van der Waals surface area (Å²) in [6.07, 6.45) is 0. The van der Waals surface area contributed by atoms with Crippen molar-refractivity contribution < 1.29 is 14.0 Å². The quantitative estimate of drug-likeness (QED) is 0.678. The highest BCUT2D eigenvalue weighted by Crippen LogP contribution is 2.18. The predicted octanol–water partition coefficient (Wildman–Crippen LogP) is 0.733. The Labute approximate surface area is 105 Å². The Morgan fingerprint density at radius 3 is 2.50 bits per heavy atom. The van der Waals surface area contributed by atoms with Crippen molar-refractivity contribution in [1.82, 2.24) is 10.6 Å². The van der Waals surface area contributed by atoms with E-state index in [1.165, 1.54) is 25.1 Å². The average molecular weight is 253 g/mol. The highest BCUT2D eigenvalue weighted by molar-refractivity contribution is 5.99. The molecule has 0 spiro atoms. The van der Waals surface area contributed by atoms with Gasteiger partial charge in [0.25, 0.3) is 5.91 Å². The normalized spacial score (nSPS) is 9.72. The summed E-state index contributed by atoms with van der Waals surface area (Å²) in [5.74, 6) is -1.03. The second kappa shape index (κ2) is 6.58. The molecule has 0 heterocycles. The molecule has 0 saturated carbocycles. The number of anilines is 1. The van der Waals surface area contributed by atoms with Gasteiger partial charge in [-0.3, -0.25) is 9.59 Å². The highest BCUT2D eigenvalue weighted by atomic mass is 19.1. The SMILES string of the molecule is CNc1c(F)cccc1C(=O)NCCNC(C)=O. The first-order valence-electron chi connectivity index (χ1n) is 5.55. The van der Waals surface area contributed by atoms with Crippen LogP contribution >= 0.6 is 0 Å². The number of para-hydroxylation sites is 1. The fourth-order valence-electron chi connectivity index (χ4n) is 1.48. The van der Waals surface area contributed by atoms with Gasteiger partial charge in [-0.1, -0.05) is 6.07 Å². The number of benzene rings is 1. The van der Waals surface area contributed by atoms with E-state index in [1.807, 2.05) is 0 Å². The molecule has 1 aromatic rings. The maximum atomic E-state index is 13.4. The van der Waals surface area contributed by atoms with Gasteiger partial charge < -0.3 is 16.0 Å². The van der Waals surface area contributed by atoms with E-state index in [0.29, 0.717) is 6.54 Å². The smallest absolute Gasteiger partial charge is 0.253 e. The summed E-state index contributed by atoms with van der Waals surface area (Å²) in [5.41, 5.74) is 0.398. The molecule has 0 aliphatic carbocycles. The van der Waals surface area contributed by atoms with Crippen LogP contribution in [-0.4, -0.2) is 32.0 Å². The zero-order valence-electron chi connectivity index (χ0n) is 10.3. The number of carbonyl (C=O) groups is 2. The number of hydrogen-bond acceptors (Lipinski definition) is 3. The Morgan fingerprint density at radius 2 is 1.89 bits per heavy atom. The lowest BCUT2D eigenvalue weighted by Crippen LogP contribution is -2.34. The van der Waals surface area contributed by atoms with Crippen molar-refractivity contribution in [2.24, 2.45) is 0 Å². The van der Waals surface area contributed by atoms with E-state index in [2.05, 4.69) is 16.0 Å². The molecule has 0 bridgehead atoms. The lowest BCUT2D eigenvalue weighted by Gasteiger charge is -2.10. The molecule has 0 saturated heterocycles. The molecule has 6 heteroatoms. The minimum Gasteiger partial charge on any atom is -0.385 e. The van der Waals surface area contributed by atoms with Gasteiger partial charge in [-0.2, -0.15) is 0 Å². The molecule has 1 rings (SSSR count). The third-order valence-electron chi connectivity index (χ3n) is 2.29. The Bertz CT molecular complexity index is 449. The van der Waals surface area contributed by atoms with Crippen molar-refractivity contribution in [3.05, 3.63) is 29.6 Å². The van der Waals surface area contributed by atoms with Gasteiger partial charge in [-0.15, -0.1) is 0 Å². The first-order chi connectivity index (χ1) is 8.56.